The number of amides is 4. The number of barbiturate groups is 1. The number of nitrogens with one attached hydrogen (secondary N) is 1. The minimum atomic E-state index is -0.756. The van der Waals surface area contributed by atoms with Gasteiger partial charge in [0.05, 0.1) is 12.3 Å². The topological polar surface area (TPSA) is 79.0 Å². The third kappa shape index (κ3) is 5.03. The van der Waals surface area contributed by atoms with E-state index in [1.807, 2.05) is 67.6 Å². The van der Waals surface area contributed by atoms with Crippen LogP contribution in [0.4, 0.5) is 16.2 Å². The largest absolute Gasteiger partial charge is 0.493 e. The van der Waals surface area contributed by atoms with Crippen LogP contribution in [0.5, 0.6) is 5.75 Å². The van der Waals surface area contributed by atoms with Crippen molar-refractivity contribution in [3.63, 3.8) is 0 Å². The molecule has 3 heterocycles. The Kier molecular flexibility index (Phi) is 7.52. The lowest BCUT2D eigenvalue weighted by Gasteiger charge is -2.44. The van der Waals surface area contributed by atoms with E-state index >= 15 is 0 Å². The highest BCUT2D eigenvalue weighted by Crippen LogP contribution is 2.50. The molecule has 7 nitrogen and oxygen atoms in total. The van der Waals surface area contributed by atoms with Crippen molar-refractivity contribution in [3.8, 4) is 5.75 Å². The summed E-state index contributed by atoms with van der Waals surface area (Å²) in [5, 5.41) is 4.25. The van der Waals surface area contributed by atoms with Gasteiger partial charge in [0.15, 0.2) is 0 Å². The lowest BCUT2D eigenvalue weighted by atomic mass is 9.76. The van der Waals surface area contributed by atoms with Crippen LogP contribution in [0.2, 0.25) is 0 Å². The number of urea groups is 1. The number of hydrogen-bond donors (Lipinski definition) is 1. The monoisotopic (exact) mass is 633 g/mol. The molecule has 8 rings (SSSR count). The van der Waals surface area contributed by atoms with Crippen molar-refractivity contribution < 1.29 is 19.1 Å². The molecule has 3 aliphatic heterocycles. The first-order chi connectivity index (χ1) is 23.5. The maximum atomic E-state index is 14.4. The van der Waals surface area contributed by atoms with Crippen LogP contribution in [0.1, 0.15) is 59.4 Å². The molecular formula is C41H35N3O4. The molecular weight excluding hydrogens is 598 g/mol. The molecule has 238 valence electrons. The molecule has 0 aliphatic carbocycles. The molecule has 48 heavy (non-hydrogen) atoms. The zero-order valence-corrected chi connectivity index (χ0v) is 26.7. The van der Waals surface area contributed by atoms with Crippen LogP contribution in [0.25, 0.3) is 16.8 Å². The molecule has 0 unspecified atom stereocenters. The van der Waals surface area contributed by atoms with Crippen molar-refractivity contribution in [3.05, 3.63) is 143 Å². The predicted molar refractivity (Wildman–Crippen MR) is 189 cm³/mol. The summed E-state index contributed by atoms with van der Waals surface area (Å²) in [5.41, 5.74) is 6.72. The Morgan fingerprint density at radius 1 is 0.771 bits per heavy atom. The van der Waals surface area contributed by atoms with E-state index in [0.717, 1.165) is 52.7 Å². The van der Waals surface area contributed by atoms with Crippen molar-refractivity contribution in [1.82, 2.24) is 5.32 Å². The molecule has 4 amide bonds. The second-order valence-corrected chi connectivity index (χ2v) is 12.6. The van der Waals surface area contributed by atoms with Crippen LogP contribution in [0, 0.1) is 0 Å². The molecule has 0 bridgehead atoms. The molecule has 0 spiro atoms. The maximum Gasteiger partial charge on any atom is 0.335 e. The van der Waals surface area contributed by atoms with E-state index in [2.05, 4.69) is 58.7 Å². The summed E-state index contributed by atoms with van der Waals surface area (Å²) in [7, 11) is 0. The molecule has 1 N–H and O–H groups in total. The van der Waals surface area contributed by atoms with Gasteiger partial charge in [-0.3, -0.25) is 14.9 Å². The number of ether oxygens (including phenoxy) is 1. The van der Waals surface area contributed by atoms with E-state index in [-0.39, 0.29) is 17.4 Å². The van der Waals surface area contributed by atoms with Gasteiger partial charge < -0.3 is 9.64 Å². The fourth-order valence-electron chi connectivity index (χ4n) is 7.71. The first-order valence-electron chi connectivity index (χ1n) is 16.6. The molecule has 1 fully saturated rings. The van der Waals surface area contributed by atoms with Crippen LogP contribution in [-0.4, -0.2) is 37.5 Å². The number of nitrogens with zero attached hydrogens (tertiary/aromatic N) is 2. The molecule has 5 aromatic carbocycles. The van der Waals surface area contributed by atoms with E-state index in [1.165, 1.54) is 16.8 Å². The van der Waals surface area contributed by atoms with E-state index in [9.17, 15) is 14.4 Å². The van der Waals surface area contributed by atoms with Crippen LogP contribution in [0.3, 0.4) is 0 Å². The van der Waals surface area contributed by atoms with E-state index in [0.29, 0.717) is 23.6 Å². The normalized spacial score (nSPS) is 19.8. The highest BCUT2D eigenvalue weighted by Gasteiger charge is 2.40. The van der Waals surface area contributed by atoms with Gasteiger partial charge in [-0.25, -0.2) is 9.69 Å². The zero-order valence-electron chi connectivity index (χ0n) is 26.7. The van der Waals surface area contributed by atoms with Gasteiger partial charge in [0.25, 0.3) is 11.8 Å². The fourth-order valence-corrected chi connectivity index (χ4v) is 7.71. The predicted octanol–water partition coefficient (Wildman–Crippen LogP) is 7.78. The summed E-state index contributed by atoms with van der Waals surface area (Å²) in [6.07, 6.45) is 3.40. The third-order valence-corrected chi connectivity index (χ3v) is 9.88. The van der Waals surface area contributed by atoms with Gasteiger partial charge in [0.2, 0.25) is 0 Å². The smallest absolute Gasteiger partial charge is 0.335 e. The number of hydrogen-bond acceptors (Lipinski definition) is 5. The van der Waals surface area contributed by atoms with Crippen LogP contribution in [0.15, 0.2) is 115 Å². The highest BCUT2D eigenvalue weighted by atomic mass is 16.5. The van der Waals surface area contributed by atoms with Gasteiger partial charge in [0.1, 0.15) is 11.3 Å². The highest BCUT2D eigenvalue weighted by molar-refractivity contribution is 6.39. The van der Waals surface area contributed by atoms with Crippen molar-refractivity contribution in [1.29, 1.82) is 0 Å². The molecule has 5 aromatic rings. The summed E-state index contributed by atoms with van der Waals surface area (Å²) < 4.78 is 5.93. The minimum absolute atomic E-state index is 0.0923. The van der Waals surface area contributed by atoms with E-state index in [1.54, 1.807) is 6.08 Å². The van der Waals surface area contributed by atoms with Gasteiger partial charge >= 0.3 is 6.03 Å². The number of imide groups is 2. The molecule has 1 saturated heterocycles. The number of carbonyl (C=O) groups excluding carboxylic acids is 3. The van der Waals surface area contributed by atoms with Gasteiger partial charge in [-0.1, -0.05) is 91.0 Å². The third-order valence-electron chi connectivity index (χ3n) is 9.88. The Labute approximate surface area is 279 Å². The van der Waals surface area contributed by atoms with Crippen molar-refractivity contribution in [2.24, 2.45) is 0 Å². The number of rotatable bonds is 6. The SMILES string of the molecule is CCOc1ccc2ccccc2c1/C=C1\C(=O)NC(=O)N(c2cc3c4c(c2)[C@@H](c2ccccc2)CCN4CC[C@@H]3c2ccccc2)C1=O. The van der Waals surface area contributed by atoms with Crippen LogP contribution in [-0.2, 0) is 9.59 Å². The Morgan fingerprint density at radius 2 is 1.38 bits per heavy atom. The summed E-state index contributed by atoms with van der Waals surface area (Å²) in [4.78, 5) is 45.1. The molecule has 7 heteroatoms. The second kappa shape index (κ2) is 12.2. The Hall–Kier alpha value is -5.69. The quantitative estimate of drug-likeness (QED) is 0.153. The number of benzene rings is 5. The summed E-state index contributed by atoms with van der Waals surface area (Å²) in [6, 6.07) is 35.6. The maximum absolute atomic E-state index is 14.4. The molecule has 3 aliphatic rings. The summed E-state index contributed by atoms with van der Waals surface area (Å²) >= 11 is 0. The van der Waals surface area contributed by atoms with Gasteiger partial charge in [0, 0.05) is 36.2 Å². The number of anilines is 2. The molecule has 0 aromatic heterocycles. The van der Waals surface area contributed by atoms with Crippen LogP contribution < -0.4 is 19.9 Å². The molecule has 0 saturated carbocycles. The Balaban J connectivity index is 1.30. The Bertz CT molecular complexity index is 2030. The van der Waals surface area contributed by atoms with Gasteiger partial charge in [-0.15, -0.1) is 0 Å². The van der Waals surface area contributed by atoms with E-state index < -0.39 is 17.8 Å². The van der Waals surface area contributed by atoms with Crippen molar-refractivity contribution >= 4 is 46.1 Å². The van der Waals surface area contributed by atoms with Gasteiger partial charge in [-0.05, 0) is 77.1 Å². The lowest BCUT2D eigenvalue weighted by molar-refractivity contribution is -0.122. The first kappa shape index (κ1) is 29.7. The number of fused-ring (bicyclic) bond motifs is 1. The van der Waals surface area contributed by atoms with Crippen LogP contribution >= 0.6 is 0 Å². The lowest BCUT2D eigenvalue weighted by Crippen LogP contribution is -2.54. The average molecular weight is 634 g/mol. The standard InChI is InChI=1S/C41H35N3O4/c1-2-48-37-18-17-28-15-9-10-16-30(28)33(37)25-36-39(45)42-41(47)44(40(36)46)29-23-34-31(26-11-5-3-6-12-26)19-21-43-22-20-32(35(24-29)38(34)43)27-13-7-4-8-14-27/h3-18,23-25,31-32H,2,19-22H2,1H3,(H,42,45,47)/b36-25+/t31-,32-/m1/s1. The zero-order chi connectivity index (χ0) is 32.8. The molecule has 0 radical (unpaired) electrons. The molecule has 2 atom stereocenters. The van der Waals surface area contributed by atoms with Crippen molar-refractivity contribution in [2.75, 3.05) is 29.5 Å². The summed E-state index contributed by atoms with van der Waals surface area (Å²) in [5.74, 6) is -0.652. The minimum Gasteiger partial charge on any atom is -0.493 e. The average Bonchev–Trinajstić information content (AvgIpc) is 3.11. The Morgan fingerprint density at radius 3 is 2.00 bits per heavy atom. The first-order valence-corrected chi connectivity index (χ1v) is 16.6. The van der Waals surface area contributed by atoms with Gasteiger partial charge in [-0.2, -0.15) is 0 Å². The fraction of sp³-hybridized carbons (Fsp3) is 0.195. The number of carbonyl (C=O) groups is 3. The van der Waals surface area contributed by atoms with Crippen molar-refractivity contribution in [2.45, 2.75) is 31.6 Å². The summed E-state index contributed by atoms with van der Waals surface area (Å²) in [6.45, 7) is 4.16. The second-order valence-electron chi connectivity index (χ2n) is 12.6. The van der Waals surface area contributed by atoms with E-state index in [4.69, 9.17) is 4.74 Å².